The number of amides is 1. The van der Waals surface area contributed by atoms with E-state index in [0.29, 0.717) is 6.42 Å². The molecule has 30 heavy (non-hydrogen) atoms. The van der Waals surface area contributed by atoms with Gasteiger partial charge in [-0.25, -0.2) is 0 Å². The number of hydrogen-bond acceptors (Lipinski definition) is 2. The van der Waals surface area contributed by atoms with Crippen molar-refractivity contribution in [1.82, 2.24) is 4.90 Å². The van der Waals surface area contributed by atoms with Crippen LogP contribution in [0, 0.1) is 0 Å². The molecule has 1 heterocycles. The van der Waals surface area contributed by atoms with Gasteiger partial charge >= 0.3 is 0 Å². The lowest BCUT2D eigenvalue weighted by atomic mass is 10.1. The van der Waals surface area contributed by atoms with Crippen LogP contribution < -0.4 is 0 Å². The molecule has 0 bridgehead atoms. The van der Waals surface area contributed by atoms with Gasteiger partial charge in [0.05, 0.1) is 6.54 Å². The van der Waals surface area contributed by atoms with E-state index in [2.05, 4.69) is 36.2 Å². The Balaban J connectivity index is 1.47. The molecular weight excluding hydrogens is 368 g/mol. The normalized spacial score (nSPS) is 13.9. The number of amidine groups is 1. The predicted molar refractivity (Wildman–Crippen MR) is 129 cm³/mol. The van der Waals surface area contributed by atoms with E-state index >= 15 is 0 Å². The lowest BCUT2D eigenvalue weighted by molar-refractivity contribution is -0.127. The van der Waals surface area contributed by atoms with Crippen LogP contribution in [0.1, 0.15) is 96.0 Å². The summed E-state index contributed by atoms with van der Waals surface area (Å²) in [6, 6.07) is 10.3. The summed E-state index contributed by atoms with van der Waals surface area (Å²) in [6.45, 7) is 3.77. The Morgan fingerprint density at radius 1 is 0.900 bits per heavy atom. The van der Waals surface area contributed by atoms with Gasteiger partial charge in [-0.1, -0.05) is 94.4 Å². The van der Waals surface area contributed by atoms with Crippen molar-refractivity contribution in [2.24, 2.45) is 4.99 Å². The Morgan fingerprint density at radius 2 is 1.53 bits per heavy atom. The zero-order valence-corrected chi connectivity index (χ0v) is 19.2. The maximum absolute atomic E-state index is 12.6. The molecule has 1 amide bonds. The van der Waals surface area contributed by atoms with E-state index in [4.69, 9.17) is 0 Å². The SMILES string of the molecule is CCCCCCCC/C=C/CCCCCCC(=O)N1CCN=C1Cc1ccccc1. The highest BCUT2D eigenvalue weighted by Gasteiger charge is 2.22. The van der Waals surface area contributed by atoms with Crippen LogP contribution in [0.15, 0.2) is 47.5 Å². The van der Waals surface area contributed by atoms with Gasteiger partial charge in [-0.15, -0.1) is 0 Å². The van der Waals surface area contributed by atoms with Crippen LogP contribution in [0.2, 0.25) is 0 Å². The van der Waals surface area contributed by atoms with Gasteiger partial charge in [0.15, 0.2) is 0 Å². The average molecular weight is 411 g/mol. The molecule has 2 rings (SSSR count). The molecule has 1 aliphatic rings. The highest BCUT2D eigenvalue weighted by molar-refractivity contribution is 6.00. The molecule has 0 aliphatic carbocycles. The highest BCUT2D eigenvalue weighted by atomic mass is 16.2. The molecule has 1 aliphatic heterocycles. The Bertz CT molecular complexity index is 636. The maximum Gasteiger partial charge on any atom is 0.227 e. The second-order valence-corrected chi connectivity index (χ2v) is 8.49. The molecule has 166 valence electrons. The fraction of sp³-hybridized carbons (Fsp3) is 0.630. The Hall–Kier alpha value is -1.90. The van der Waals surface area contributed by atoms with E-state index in [-0.39, 0.29) is 5.91 Å². The first kappa shape index (κ1) is 24.4. The fourth-order valence-electron chi connectivity index (χ4n) is 4.00. The first-order valence-electron chi connectivity index (χ1n) is 12.3. The summed E-state index contributed by atoms with van der Waals surface area (Å²) in [4.78, 5) is 19.1. The third kappa shape index (κ3) is 10.2. The molecule has 0 saturated carbocycles. The van der Waals surface area contributed by atoms with Crippen LogP contribution in [-0.4, -0.2) is 29.7 Å². The molecular formula is C27H42N2O. The minimum absolute atomic E-state index is 0.251. The van der Waals surface area contributed by atoms with Crippen molar-refractivity contribution in [1.29, 1.82) is 0 Å². The maximum atomic E-state index is 12.6. The topological polar surface area (TPSA) is 32.7 Å². The summed E-state index contributed by atoms with van der Waals surface area (Å²) >= 11 is 0. The molecule has 0 unspecified atom stereocenters. The summed E-state index contributed by atoms with van der Waals surface area (Å²) < 4.78 is 0. The van der Waals surface area contributed by atoms with Gasteiger partial charge in [-0.05, 0) is 37.7 Å². The van der Waals surface area contributed by atoms with E-state index in [1.807, 2.05) is 23.1 Å². The van der Waals surface area contributed by atoms with Crippen LogP contribution >= 0.6 is 0 Å². The van der Waals surface area contributed by atoms with Gasteiger partial charge in [0.1, 0.15) is 5.84 Å². The van der Waals surface area contributed by atoms with Crippen molar-refractivity contribution in [2.75, 3.05) is 13.1 Å². The molecule has 0 atom stereocenters. The number of carbonyl (C=O) groups is 1. The van der Waals surface area contributed by atoms with Crippen LogP contribution in [0.4, 0.5) is 0 Å². The molecule has 3 heteroatoms. The zero-order valence-electron chi connectivity index (χ0n) is 19.2. The quantitative estimate of drug-likeness (QED) is 0.211. The molecule has 0 aromatic heterocycles. The van der Waals surface area contributed by atoms with Gasteiger partial charge in [0.25, 0.3) is 0 Å². The van der Waals surface area contributed by atoms with Crippen molar-refractivity contribution < 1.29 is 4.79 Å². The van der Waals surface area contributed by atoms with Crippen molar-refractivity contribution in [3.8, 4) is 0 Å². The summed E-state index contributed by atoms with van der Waals surface area (Å²) in [6.07, 6.45) is 21.4. The third-order valence-electron chi connectivity index (χ3n) is 5.84. The van der Waals surface area contributed by atoms with E-state index in [1.165, 1.54) is 69.8 Å². The van der Waals surface area contributed by atoms with E-state index < -0.39 is 0 Å². The van der Waals surface area contributed by atoms with Gasteiger partial charge in [-0.3, -0.25) is 14.7 Å². The largest absolute Gasteiger partial charge is 0.298 e. The average Bonchev–Trinajstić information content (AvgIpc) is 3.23. The van der Waals surface area contributed by atoms with Crippen molar-refractivity contribution in [3.05, 3.63) is 48.0 Å². The van der Waals surface area contributed by atoms with Crippen LogP contribution in [0.3, 0.4) is 0 Å². The fourth-order valence-corrected chi connectivity index (χ4v) is 4.00. The summed E-state index contributed by atoms with van der Waals surface area (Å²) in [5, 5.41) is 0. The lowest BCUT2D eigenvalue weighted by Crippen LogP contribution is -2.35. The van der Waals surface area contributed by atoms with Crippen molar-refractivity contribution in [3.63, 3.8) is 0 Å². The van der Waals surface area contributed by atoms with E-state index in [1.54, 1.807) is 0 Å². The minimum Gasteiger partial charge on any atom is -0.298 e. The van der Waals surface area contributed by atoms with Gasteiger partial charge in [0.2, 0.25) is 5.91 Å². The number of aliphatic imine (C=N–C) groups is 1. The Kier molecular flexibility index (Phi) is 12.9. The van der Waals surface area contributed by atoms with E-state index in [0.717, 1.165) is 38.2 Å². The molecule has 0 radical (unpaired) electrons. The van der Waals surface area contributed by atoms with Crippen LogP contribution in [-0.2, 0) is 11.2 Å². The predicted octanol–water partition coefficient (Wildman–Crippen LogP) is 7.12. The van der Waals surface area contributed by atoms with Gasteiger partial charge < -0.3 is 0 Å². The smallest absolute Gasteiger partial charge is 0.227 e. The minimum atomic E-state index is 0.251. The molecule has 3 nitrogen and oxygen atoms in total. The molecule has 1 aromatic rings. The number of hydrogen-bond donors (Lipinski definition) is 0. The summed E-state index contributed by atoms with van der Waals surface area (Å²) in [5.74, 6) is 1.20. The first-order valence-corrected chi connectivity index (χ1v) is 12.3. The molecule has 0 fully saturated rings. The van der Waals surface area contributed by atoms with Crippen LogP contribution in [0.25, 0.3) is 0 Å². The first-order chi connectivity index (χ1) is 14.8. The lowest BCUT2D eigenvalue weighted by Gasteiger charge is -2.18. The standard InChI is InChI=1S/C27H42N2O/c1-2-3-4-5-6-7-8-9-10-11-12-13-14-18-21-27(30)29-23-22-28-26(29)24-25-19-16-15-17-20-25/h9-10,15-17,19-20H,2-8,11-14,18,21-24H2,1H3/b10-9+. The Morgan fingerprint density at radius 3 is 2.23 bits per heavy atom. The summed E-state index contributed by atoms with van der Waals surface area (Å²) in [7, 11) is 0. The van der Waals surface area contributed by atoms with Crippen LogP contribution in [0.5, 0.6) is 0 Å². The summed E-state index contributed by atoms with van der Waals surface area (Å²) in [5.41, 5.74) is 1.22. The molecule has 1 aromatic carbocycles. The second-order valence-electron chi connectivity index (χ2n) is 8.49. The zero-order chi connectivity index (χ0) is 21.3. The molecule has 0 spiro atoms. The second kappa shape index (κ2) is 15.9. The number of unbranched alkanes of at least 4 members (excludes halogenated alkanes) is 10. The number of rotatable bonds is 16. The number of allylic oxidation sites excluding steroid dienone is 2. The van der Waals surface area contributed by atoms with Gasteiger partial charge in [0, 0.05) is 19.4 Å². The number of benzene rings is 1. The van der Waals surface area contributed by atoms with Crippen molar-refractivity contribution in [2.45, 2.75) is 96.8 Å². The van der Waals surface area contributed by atoms with Gasteiger partial charge in [-0.2, -0.15) is 0 Å². The number of carbonyl (C=O) groups excluding carboxylic acids is 1. The Labute approximate surface area is 184 Å². The highest BCUT2D eigenvalue weighted by Crippen LogP contribution is 2.13. The third-order valence-corrected chi connectivity index (χ3v) is 5.84. The molecule has 0 N–H and O–H groups in total. The molecule has 0 saturated heterocycles. The monoisotopic (exact) mass is 410 g/mol. The van der Waals surface area contributed by atoms with E-state index in [9.17, 15) is 4.79 Å². The number of nitrogens with zero attached hydrogens (tertiary/aromatic N) is 2. The van der Waals surface area contributed by atoms with Crippen molar-refractivity contribution >= 4 is 11.7 Å².